The molecule has 0 spiro atoms. The van der Waals surface area contributed by atoms with Gasteiger partial charge in [0.1, 0.15) is 17.1 Å². The van der Waals surface area contributed by atoms with Crippen LogP contribution in [-0.2, 0) is 7.05 Å². The summed E-state index contributed by atoms with van der Waals surface area (Å²) in [6, 6.07) is 5.62. The number of halogens is 2. The molecule has 0 aliphatic heterocycles. The Hall–Kier alpha value is -2.61. The molecule has 3 rings (SSSR count). The third kappa shape index (κ3) is 2.92. The topological polar surface area (TPSA) is 76.3 Å². The van der Waals surface area contributed by atoms with Gasteiger partial charge >= 0.3 is 5.91 Å². The van der Waals surface area contributed by atoms with Crippen molar-refractivity contribution in [3.05, 3.63) is 57.8 Å². The number of nitrogens with zero attached hydrogens (tertiary/aromatic N) is 1. The van der Waals surface area contributed by atoms with Gasteiger partial charge in [0.15, 0.2) is 5.76 Å². The zero-order valence-corrected chi connectivity index (χ0v) is 14.4. The fourth-order valence-electron chi connectivity index (χ4n) is 2.39. The number of hydrazine groups is 1. The van der Waals surface area contributed by atoms with Gasteiger partial charge in [0.2, 0.25) is 0 Å². The number of amides is 2. The fourth-order valence-corrected chi connectivity index (χ4v) is 2.92. The molecule has 0 bridgehead atoms. The van der Waals surface area contributed by atoms with Crippen molar-refractivity contribution >= 4 is 38.7 Å². The Morgan fingerprint density at radius 1 is 1.21 bits per heavy atom. The SMILES string of the molecule is Cc1c(C(=O)NNC(=O)c2cc(Br)cn2C)oc2ccc(F)cc12. The van der Waals surface area contributed by atoms with E-state index in [4.69, 9.17) is 4.42 Å². The van der Waals surface area contributed by atoms with E-state index in [9.17, 15) is 14.0 Å². The van der Waals surface area contributed by atoms with E-state index in [2.05, 4.69) is 26.8 Å². The van der Waals surface area contributed by atoms with Crippen LogP contribution in [0.1, 0.15) is 26.6 Å². The van der Waals surface area contributed by atoms with Crippen molar-refractivity contribution in [2.45, 2.75) is 6.92 Å². The number of benzene rings is 1. The lowest BCUT2D eigenvalue weighted by atomic mass is 10.1. The van der Waals surface area contributed by atoms with Crippen molar-refractivity contribution in [2.24, 2.45) is 7.05 Å². The van der Waals surface area contributed by atoms with E-state index in [1.807, 2.05) is 0 Å². The highest BCUT2D eigenvalue weighted by Crippen LogP contribution is 2.25. The Kier molecular flexibility index (Phi) is 4.15. The Balaban J connectivity index is 1.77. The normalized spacial score (nSPS) is 10.8. The number of hydrogen-bond acceptors (Lipinski definition) is 3. The molecule has 6 nitrogen and oxygen atoms in total. The van der Waals surface area contributed by atoms with Gasteiger partial charge in [0.25, 0.3) is 5.91 Å². The number of fused-ring (bicyclic) bond motifs is 1. The summed E-state index contributed by atoms with van der Waals surface area (Å²) < 4.78 is 21.1. The number of aromatic nitrogens is 1. The quantitative estimate of drug-likeness (QED) is 0.656. The summed E-state index contributed by atoms with van der Waals surface area (Å²) in [6.07, 6.45) is 1.72. The number of aryl methyl sites for hydroxylation is 2. The van der Waals surface area contributed by atoms with Gasteiger partial charge in [-0.3, -0.25) is 20.4 Å². The van der Waals surface area contributed by atoms with E-state index < -0.39 is 17.6 Å². The number of carbonyl (C=O) groups is 2. The van der Waals surface area contributed by atoms with Crippen LogP contribution in [0.4, 0.5) is 4.39 Å². The molecule has 0 aliphatic carbocycles. The number of nitrogens with one attached hydrogen (secondary N) is 2. The average molecular weight is 394 g/mol. The largest absolute Gasteiger partial charge is 0.451 e. The molecule has 2 heterocycles. The molecule has 0 saturated heterocycles. The van der Waals surface area contributed by atoms with E-state index in [1.54, 1.807) is 30.8 Å². The maximum absolute atomic E-state index is 13.3. The number of furan rings is 1. The monoisotopic (exact) mass is 393 g/mol. The van der Waals surface area contributed by atoms with Crippen LogP contribution in [-0.4, -0.2) is 16.4 Å². The molecule has 0 saturated carbocycles. The zero-order valence-electron chi connectivity index (χ0n) is 12.8. The average Bonchev–Trinajstić information content (AvgIpc) is 3.04. The second kappa shape index (κ2) is 6.12. The Morgan fingerprint density at radius 2 is 1.92 bits per heavy atom. The standard InChI is InChI=1S/C16H13BrFN3O3/c1-8-11-6-10(18)3-4-13(11)24-14(8)16(23)20-19-15(22)12-5-9(17)7-21(12)2/h3-7H,1-2H3,(H,19,22)(H,20,23). The summed E-state index contributed by atoms with van der Waals surface area (Å²) in [4.78, 5) is 24.3. The Morgan fingerprint density at radius 3 is 2.58 bits per heavy atom. The predicted octanol–water partition coefficient (Wildman–Crippen LogP) is 3.06. The molecular formula is C16H13BrFN3O3. The Labute approximate surface area is 144 Å². The first-order chi connectivity index (χ1) is 11.4. The molecular weight excluding hydrogens is 381 g/mol. The first-order valence-electron chi connectivity index (χ1n) is 6.98. The molecule has 1 aromatic carbocycles. The molecule has 2 amide bonds. The fraction of sp³-hybridized carbons (Fsp3) is 0.125. The zero-order chi connectivity index (χ0) is 17.4. The smallest absolute Gasteiger partial charge is 0.305 e. The summed E-state index contributed by atoms with van der Waals surface area (Å²) in [5, 5.41) is 0.512. The second-order valence-corrected chi connectivity index (χ2v) is 6.18. The minimum atomic E-state index is -0.620. The molecule has 0 fully saturated rings. The van der Waals surface area contributed by atoms with E-state index in [0.29, 0.717) is 22.2 Å². The number of rotatable bonds is 2. The molecule has 3 aromatic rings. The van der Waals surface area contributed by atoms with Crippen LogP contribution in [0.3, 0.4) is 0 Å². The molecule has 24 heavy (non-hydrogen) atoms. The molecule has 0 unspecified atom stereocenters. The highest BCUT2D eigenvalue weighted by Gasteiger charge is 2.19. The van der Waals surface area contributed by atoms with Crippen molar-refractivity contribution in [1.82, 2.24) is 15.4 Å². The van der Waals surface area contributed by atoms with Crippen LogP contribution in [0, 0.1) is 12.7 Å². The molecule has 8 heteroatoms. The van der Waals surface area contributed by atoms with Crippen molar-refractivity contribution < 1.29 is 18.4 Å². The number of carbonyl (C=O) groups excluding carboxylic acids is 2. The van der Waals surface area contributed by atoms with Gasteiger partial charge in [-0.1, -0.05) is 0 Å². The van der Waals surface area contributed by atoms with Gasteiger partial charge in [-0.15, -0.1) is 0 Å². The van der Waals surface area contributed by atoms with Crippen molar-refractivity contribution in [3.63, 3.8) is 0 Å². The van der Waals surface area contributed by atoms with E-state index in [0.717, 1.165) is 4.47 Å². The first kappa shape index (κ1) is 16.3. The van der Waals surface area contributed by atoms with Crippen LogP contribution in [0.5, 0.6) is 0 Å². The summed E-state index contributed by atoms with van der Waals surface area (Å²) in [6.45, 7) is 1.65. The minimum absolute atomic E-state index is 0.0176. The summed E-state index contributed by atoms with van der Waals surface area (Å²) in [5.41, 5.74) is 5.88. The summed E-state index contributed by atoms with van der Waals surface area (Å²) in [7, 11) is 1.71. The van der Waals surface area contributed by atoms with Crippen LogP contribution in [0.25, 0.3) is 11.0 Å². The summed E-state index contributed by atoms with van der Waals surface area (Å²) in [5.74, 6) is -1.49. The van der Waals surface area contributed by atoms with Crippen LogP contribution < -0.4 is 10.9 Å². The van der Waals surface area contributed by atoms with Crippen molar-refractivity contribution in [3.8, 4) is 0 Å². The highest BCUT2D eigenvalue weighted by atomic mass is 79.9. The predicted molar refractivity (Wildman–Crippen MR) is 89.0 cm³/mol. The highest BCUT2D eigenvalue weighted by molar-refractivity contribution is 9.10. The third-order valence-corrected chi connectivity index (χ3v) is 4.03. The van der Waals surface area contributed by atoms with Crippen molar-refractivity contribution in [1.29, 1.82) is 0 Å². The van der Waals surface area contributed by atoms with Gasteiger partial charge in [0.05, 0.1) is 0 Å². The lowest BCUT2D eigenvalue weighted by Crippen LogP contribution is -2.42. The number of hydrogen-bond donors (Lipinski definition) is 2. The lowest BCUT2D eigenvalue weighted by molar-refractivity contribution is 0.0827. The molecule has 0 atom stereocenters. The van der Waals surface area contributed by atoms with Gasteiger partial charge in [0, 0.05) is 28.7 Å². The Bertz CT molecular complexity index is 961. The van der Waals surface area contributed by atoms with E-state index in [1.165, 1.54) is 18.2 Å². The molecule has 0 radical (unpaired) electrons. The molecule has 2 N–H and O–H groups in total. The van der Waals surface area contributed by atoms with E-state index in [-0.39, 0.29) is 5.76 Å². The van der Waals surface area contributed by atoms with Gasteiger partial charge < -0.3 is 8.98 Å². The van der Waals surface area contributed by atoms with Crippen LogP contribution in [0.2, 0.25) is 0 Å². The second-order valence-electron chi connectivity index (χ2n) is 5.26. The maximum Gasteiger partial charge on any atom is 0.305 e. The molecule has 0 aliphatic rings. The van der Waals surface area contributed by atoms with Crippen LogP contribution in [0.15, 0.2) is 39.4 Å². The van der Waals surface area contributed by atoms with Crippen LogP contribution >= 0.6 is 15.9 Å². The van der Waals surface area contributed by atoms with E-state index >= 15 is 0 Å². The lowest BCUT2D eigenvalue weighted by Gasteiger charge is -2.07. The van der Waals surface area contributed by atoms with Gasteiger partial charge in [-0.05, 0) is 47.1 Å². The third-order valence-electron chi connectivity index (χ3n) is 3.60. The molecule has 124 valence electrons. The minimum Gasteiger partial charge on any atom is -0.451 e. The van der Waals surface area contributed by atoms with Gasteiger partial charge in [-0.2, -0.15) is 0 Å². The van der Waals surface area contributed by atoms with Gasteiger partial charge in [-0.25, -0.2) is 4.39 Å². The maximum atomic E-state index is 13.3. The first-order valence-corrected chi connectivity index (χ1v) is 7.77. The molecule has 2 aromatic heterocycles. The summed E-state index contributed by atoms with van der Waals surface area (Å²) >= 11 is 3.27. The van der Waals surface area contributed by atoms with Crippen molar-refractivity contribution in [2.75, 3.05) is 0 Å².